The van der Waals surface area contributed by atoms with Crippen LogP contribution in [0, 0.1) is 0 Å². The maximum absolute atomic E-state index is 11.8. The molecule has 10 heteroatoms. The van der Waals surface area contributed by atoms with E-state index < -0.39 is 9.84 Å². The summed E-state index contributed by atoms with van der Waals surface area (Å²) in [6, 6.07) is 9.69. The molecule has 34 heavy (non-hydrogen) atoms. The Labute approximate surface area is 203 Å². The van der Waals surface area contributed by atoms with Gasteiger partial charge < -0.3 is 16.8 Å². The highest BCUT2D eigenvalue weighted by Crippen LogP contribution is 2.32. The number of nitrogens with zero attached hydrogens (tertiary/aromatic N) is 3. The van der Waals surface area contributed by atoms with Crippen molar-refractivity contribution in [2.45, 2.75) is 37.8 Å². The molecule has 0 radical (unpaired) electrons. The summed E-state index contributed by atoms with van der Waals surface area (Å²) >= 11 is 6.29. The molecule has 2 aromatic heterocycles. The molecule has 1 fully saturated rings. The number of hydrogen-bond donors (Lipinski definition) is 3. The Morgan fingerprint density at radius 3 is 2.79 bits per heavy atom. The highest BCUT2D eigenvalue weighted by Gasteiger charge is 2.25. The molecule has 0 bridgehead atoms. The molecule has 3 aromatic rings. The molecule has 2 aliphatic rings. The van der Waals surface area contributed by atoms with E-state index in [-0.39, 0.29) is 23.6 Å². The zero-order valence-electron chi connectivity index (χ0n) is 18.6. The molecule has 1 aromatic carbocycles. The van der Waals surface area contributed by atoms with Gasteiger partial charge in [-0.1, -0.05) is 29.8 Å². The van der Waals surface area contributed by atoms with Gasteiger partial charge in [0.2, 0.25) is 0 Å². The van der Waals surface area contributed by atoms with Gasteiger partial charge in [0.25, 0.3) is 0 Å². The molecule has 3 heterocycles. The highest BCUT2D eigenvalue weighted by molar-refractivity contribution is 7.91. The largest absolute Gasteiger partial charge is 0.383 e. The third-order valence-electron chi connectivity index (χ3n) is 6.46. The molecule has 1 aliphatic carbocycles. The SMILES string of the molecule is N/C(=N\c1ccccc1Cl)c1cnn2cc(C3=CCS(=O)(=O)CC3)cc2c1N[C@@H]1CC[C@H](N)C1. The second kappa shape index (κ2) is 9.05. The monoisotopic (exact) mass is 498 g/mol. The van der Waals surface area contributed by atoms with E-state index >= 15 is 0 Å². The van der Waals surface area contributed by atoms with Gasteiger partial charge in [0.1, 0.15) is 5.84 Å². The lowest BCUT2D eigenvalue weighted by molar-refractivity contribution is 0.597. The molecular weight excluding hydrogens is 472 g/mol. The third-order valence-corrected chi connectivity index (χ3v) is 8.29. The van der Waals surface area contributed by atoms with Crippen molar-refractivity contribution in [1.82, 2.24) is 9.61 Å². The van der Waals surface area contributed by atoms with Crippen LogP contribution in [0.15, 0.2) is 53.8 Å². The Hall–Kier alpha value is -2.88. The Balaban J connectivity index is 1.59. The van der Waals surface area contributed by atoms with Crippen molar-refractivity contribution in [3.63, 3.8) is 0 Å². The van der Waals surface area contributed by atoms with Gasteiger partial charge in [-0.15, -0.1) is 0 Å². The fourth-order valence-electron chi connectivity index (χ4n) is 4.60. The number of benzene rings is 1. The quantitative estimate of drug-likeness (QED) is 0.364. The number of sulfone groups is 1. The smallest absolute Gasteiger partial charge is 0.154 e. The number of amidine groups is 1. The fraction of sp³-hybridized carbons (Fsp3) is 0.333. The molecule has 0 spiro atoms. The summed E-state index contributed by atoms with van der Waals surface area (Å²) in [6.07, 6.45) is 8.71. The fourth-order valence-corrected chi connectivity index (χ4v) is 5.93. The van der Waals surface area contributed by atoms with Crippen molar-refractivity contribution in [2.24, 2.45) is 16.5 Å². The minimum absolute atomic E-state index is 0.0652. The van der Waals surface area contributed by atoms with Crippen LogP contribution in [0.25, 0.3) is 11.1 Å². The first-order chi connectivity index (χ1) is 16.3. The molecule has 8 nitrogen and oxygen atoms in total. The van der Waals surface area contributed by atoms with E-state index in [0.717, 1.165) is 41.6 Å². The van der Waals surface area contributed by atoms with Crippen LogP contribution in [0.1, 0.15) is 36.8 Å². The Bertz CT molecular complexity index is 1410. The number of aromatic nitrogens is 2. The minimum Gasteiger partial charge on any atom is -0.383 e. The van der Waals surface area contributed by atoms with Crippen LogP contribution < -0.4 is 16.8 Å². The lowest BCUT2D eigenvalue weighted by Crippen LogP contribution is -2.24. The first-order valence-corrected chi connectivity index (χ1v) is 13.5. The van der Waals surface area contributed by atoms with Crippen molar-refractivity contribution in [3.05, 3.63) is 65.0 Å². The molecule has 5 rings (SSSR count). The predicted octanol–water partition coefficient (Wildman–Crippen LogP) is 3.52. The number of anilines is 1. The van der Waals surface area contributed by atoms with Gasteiger partial charge in [0.15, 0.2) is 9.84 Å². The molecule has 1 saturated carbocycles. The summed E-state index contributed by atoms with van der Waals surface area (Å²) in [7, 11) is -3.00. The molecule has 0 saturated heterocycles. The van der Waals surface area contributed by atoms with Gasteiger partial charge in [0.05, 0.1) is 45.2 Å². The minimum atomic E-state index is -3.00. The summed E-state index contributed by atoms with van der Waals surface area (Å²) in [5, 5.41) is 8.73. The van der Waals surface area contributed by atoms with E-state index in [9.17, 15) is 8.42 Å². The molecule has 5 N–H and O–H groups in total. The number of halogens is 1. The predicted molar refractivity (Wildman–Crippen MR) is 138 cm³/mol. The van der Waals surface area contributed by atoms with E-state index in [1.165, 1.54) is 0 Å². The van der Waals surface area contributed by atoms with Crippen LogP contribution >= 0.6 is 11.6 Å². The van der Waals surface area contributed by atoms with E-state index in [1.807, 2.05) is 30.5 Å². The summed E-state index contributed by atoms with van der Waals surface area (Å²) in [5.41, 5.74) is 17.5. The number of nitrogens with two attached hydrogens (primary N) is 2. The maximum Gasteiger partial charge on any atom is 0.154 e. The van der Waals surface area contributed by atoms with E-state index in [1.54, 1.807) is 22.9 Å². The van der Waals surface area contributed by atoms with Crippen LogP contribution in [0.2, 0.25) is 5.02 Å². The van der Waals surface area contributed by atoms with Gasteiger partial charge in [-0.3, -0.25) is 0 Å². The van der Waals surface area contributed by atoms with E-state index in [4.69, 9.17) is 23.1 Å². The van der Waals surface area contributed by atoms with Crippen LogP contribution in [0.3, 0.4) is 0 Å². The zero-order chi connectivity index (χ0) is 23.9. The Kier molecular flexibility index (Phi) is 6.09. The van der Waals surface area contributed by atoms with E-state index in [0.29, 0.717) is 28.5 Å². The third kappa shape index (κ3) is 4.68. The average Bonchev–Trinajstić information content (AvgIpc) is 3.41. The number of fused-ring (bicyclic) bond motifs is 1. The summed E-state index contributed by atoms with van der Waals surface area (Å²) in [4.78, 5) is 4.57. The summed E-state index contributed by atoms with van der Waals surface area (Å²) in [5.74, 6) is 0.528. The highest BCUT2D eigenvalue weighted by atomic mass is 35.5. The molecule has 0 unspecified atom stereocenters. The second-order valence-electron chi connectivity index (χ2n) is 8.95. The van der Waals surface area contributed by atoms with E-state index in [2.05, 4.69) is 15.4 Å². The maximum atomic E-state index is 11.8. The Morgan fingerprint density at radius 2 is 2.09 bits per heavy atom. The zero-order valence-corrected chi connectivity index (χ0v) is 20.2. The first-order valence-electron chi connectivity index (χ1n) is 11.3. The number of hydrogen-bond acceptors (Lipinski definition) is 6. The molecular formula is C24H27ClN6O2S. The number of nitrogens with one attached hydrogen (secondary N) is 1. The number of allylic oxidation sites excluding steroid dienone is 1. The van der Waals surface area contributed by atoms with Crippen LogP contribution in [-0.2, 0) is 9.84 Å². The van der Waals surface area contributed by atoms with Gasteiger partial charge in [-0.05, 0) is 55.0 Å². The lowest BCUT2D eigenvalue weighted by atomic mass is 10.1. The van der Waals surface area contributed by atoms with Crippen molar-refractivity contribution in [2.75, 3.05) is 16.8 Å². The summed E-state index contributed by atoms with van der Waals surface area (Å²) < 4.78 is 25.5. The lowest BCUT2D eigenvalue weighted by Gasteiger charge is -2.18. The standard InChI is InChI=1S/C24H27ClN6O2S/c25-20-3-1-2-4-21(20)30-24(27)19-13-28-31-14-16(15-7-9-34(32,33)10-8-15)11-22(31)23(19)29-18-6-5-17(26)12-18/h1-4,7,11,13-14,17-18,29H,5-6,8-10,12,26H2,(H2,27,30)/t17-,18+/m0/s1. The molecule has 0 amide bonds. The molecule has 2 atom stereocenters. The molecule has 1 aliphatic heterocycles. The van der Waals surface area contributed by atoms with Gasteiger partial charge in [-0.25, -0.2) is 17.9 Å². The topological polar surface area (TPSA) is 128 Å². The van der Waals surface area contributed by atoms with Gasteiger partial charge >= 0.3 is 0 Å². The van der Waals surface area contributed by atoms with Crippen molar-refractivity contribution < 1.29 is 8.42 Å². The first kappa shape index (κ1) is 22.9. The van der Waals surface area contributed by atoms with Gasteiger partial charge in [-0.2, -0.15) is 5.10 Å². The summed E-state index contributed by atoms with van der Waals surface area (Å²) in [6.45, 7) is 0. The van der Waals surface area contributed by atoms with Crippen molar-refractivity contribution in [1.29, 1.82) is 0 Å². The second-order valence-corrected chi connectivity index (χ2v) is 11.6. The Morgan fingerprint density at radius 1 is 1.26 bits per heavy atom. The number of para-hydroxylation sites is 1. The van der Waals surface area contributed by atoms with Crippen LogP contribution in [0.4, 0.5) is 11.4 Å². The van der Waals surface area contributed by atoms with Crippen LogP contribution in [-0.4, -0.2) is 47.5 Å². The average molecular weight is 499 g/mol. The number of aliphatic imine (C=N–C) groups is 1. The van der Waals surface area contributed by atoms with Crippen molar-refractivity contribution >= 4 is 49.7 Å². The molecule has 178 valence electrons. The normalized spacial score (nSPS) is 22.6. The van der Waals surface area contributed by atoms with Crippen LogP contribution in [0.5, 0.6) is 0 Å². The van der Waals surface area contributed by atoms with Gasteiger partial charge in [0, 0.05) is 18.3 Å². The number of rotatable bonds is 5. The van der Waals surface area contributed by atoms with Crippen molar-refractivity contribution in [3.8, 4) is 0 Å².